The lowest BCUT2D eigenvalue weighted by Gasteiger charge is -2.16. The van der Waals surface area contributed by atoms with Gasteiger partial charge < -0.3 is 5.73 Å². The first-order chi connectivity index (χ1) is 9.72. The molecule has 0 radical (unpaired) electrons. The van der Waals surface area contributed by atoms with Crippen LogP contribution in [0.5, 0.6) is 0 Å². The zero-order valence-corrected chi connectivity index (χ0v) is 14.5. The molecule has 0 amide bonds. The Hall–Kier alpha value is -1.53. The van der Waals surface area contributed by atoms with Gasteiger partial charge in [-0.25, -0.2) is 8.42 Å². The van der Waals surface area contributed by atoms with Gasteiger partial charge in [0, 0.05) is 4.47 Å². The van der Waals surface area contributed by atoms with Gasteiger partial charge in [0.15, 0.2) is 0 Å². The topological polar surface area (TPSA) is 72.2 Å². The largest absolute Gasteiger partial charge is 0.398 e. The van der Waals surface area contributed by atoms with Gasteiger partial charge in [-0.05, 0) is 55.7 Å². The number of aryl methyl sites for hydroxylation is 3. The predicted molar refractivity (Wildman–Crippen MR) is 90.0 cm³/mol. The van der Waals surface area contributed by atoms with Crippen molar-refractivity contribution in [1.82, 2.24) is 0 Å². The number of halogens is 1. The van der Waals surface area contributed by atoms with Crippen molar-refractivity contribution in [3.8, 4) is 0 Å². The number of hydrogen-bond donors (Lipinski definition) is 2. The highest BCUT2D eigenvalue weighted by molar-refractivity contribution is 9.10. The molecule has 21 heavy (non-hydrogen) atoms. The third-order valence-electron chi connectivity index (χ3n) is 3.24. The molecular weight excluding hydrogens is 352 g/mol. The Labute approximate surface area is 133 Å². The van der Waals surface area contributed by atoms with Crippen LogP contribution in [0.25, 0.3) is 0 Å². The van der Waals surface area contributed by atoms with Crippen molar-refractivity contribution in [3.63, 3.8) is 0 Å². The molecule has 0 aliphatic rings. The highest BCUT2D eigenvalue weighted by Crippen LogP contribution is 2.30. The summed E-state index contributed by atoms with van der Waals surface area (Å²) in [6.07, 6.45) is 0. The van der Waals surface area contributed by atoms with Crippen LogP contribution < -0.4 is 10.5 Å². The number of nitrogens with one attached hydrogen (secondary N) is 1. The molecule has 0 aliphatic heterocycles. The lowest BCUT2D eigenvalue weighted by molar-refractivity contribution is 0.601. The summed E-state index contributed by atoms with van der Waals surface area (Å²) in [5.41, 5.74) is 8.97. The minimum Gasteiger partial charge on any atom is -0.398 e. The fourth-order valence-corrected chi connectivity index (χ4v) is 4.55. The molecule has 4 nitrogen and oxygen atoms in total. The summed E-state index contributed by atoms with van der Waals surface area (Å²) in [6, 6.07) is 8.78. The minimum absolute atomic E-state index is 0.131. The molecule has 0 aliphatic carbocycles. The third kappa shape index (κ3) is 3.22. The number of anilines is 2. The molecule has 112 valence electrons. The first-order valence-electron chi connectivity index (χ1n) is 6.37. The smallest absolute Gasteiger partial charge is 0.264 e. The van der Waals surface area contributed by atoms with E-state index in [9.17, 15) is 8.42 Å². The van der Waals surface area contributed by atoms with Crippen molar-refractivity contribution in [2.75, 3.05) is 10.5 Å². The Kier molecular flexibility index (Phi) is 4.30. The van der Waals surface area contributed by atoms with Crippen LogP contribution in [0, 0.1) is 20.8 Å². The average molecular weight is 369 g/mol. The van der Waals surface area contributed by atoms with Crippen LogP contribution in [0.15, 0.2) is 39.7 Å². The first-order valence-corrected chi connectivity index (χ1v) is 8.64. The van der Waals surface area contributed by atoms with Crippen LogP contribution >= 0.6 is 15.9 Å². The normalized spacial score (nSPS) is 11.4. The molecule has 0 spiro atoms. The van der Waals surface area contributed by atoms with E-state index in [2.05, 4.69) is 20.7 Å². The lowest BCUT2D eigenvalue weighted by Crippen LogP contribution is -2.17. The molecule has 3 N–H and O–H groups in total. The van der Waals surface area contributed by atoms with Gasteiger partial charge in [0.2, 0.25) is 0 Å². The van der Waals surface area contributed by atoms with Gasteiger partial charge in [-0.1, -0.05) is 28.1 Å². The molecular formula is C15H17BrN2O2S. The number of hydrogen-bond acceptors (Lipinski definition) is 3. The van der Waals surface area contributed by atoms with E-state index >= 15 is 0 Å². The van der Waals surface area contributed by atoms with Crippen molar-refractivity contribution < 1.29 is 8.42 Å². The molecule has 2 aromatic carbocycles. The Morgan fingerprint density at radius 3 is 2.14 bits per heavy atom. The Bertz CT molecular complexity index is 758. The lowest BCUT2D eigenvalue weighted by atomic mass is 10.1. The molecule has 0 unspecified atom stereocenters. The zero-order valence-electron chi connectivity index (χ0n) is 12.1. The molecule has 0 saturated heterocycles. The van der Waals surface area contributed by atoms with E-state index in [1.165, 1.54) is 0 Å². The summed E-state index contributed by atoms with van der Waals surface area (Å²) >= 11 is 3.40. The minimum atomic E-state index is -3.72. The highest BCUT2D eigenvalue weighted by Gasteiger charge is 2.21. The van der Waals surface area contributed by atoms with Crippen LogP contribution in [0.1, 0.15) is 16.7 Å². The summed E-state index contributed by atoms with van der Waals surface area (Å²) in [4.78, 5) is 0.131. The number of benzene rings is 2. The van der Waals surface area contributed by atoms with Crippen LogP contribution in [-0.4, -0.2) is 8.42 Å². The monoisotopic (exact) mass is 368 g/mol. The molecule has 0 saturated carbocycles. The van der Waals surface area contributed by atoms with E-state index in [0.717, 1.165) is 15.6 Å². The molecule has 0 aromatic heterocycles. The van der Waals surface area contributed by atoms with Crippen molar-refractivity contribution >= 4 is 37.3 Å². The number of nitrogen functional groups attached to an aromatic ring is 1. The number of nitrogens with two attached hydrogens (primary N) is 1. The maximum absolute atomic E-state index is 12.6. The van der Waals surface area contributed by atoms with Gasteiger partial charge in [0.1, 0.15) is 4.90 Å². The first kappa shape index (κ1) is 15.9. The maximum atomic E-state index is 12.6. The summed E-state index contributed by atoms with van der Waals surface area (Å²) in [5, 5.41) is 0. The third-order valence-corrected chi connectivity index (χ3v) is 5.27. The summed E-state index contributed by atoms with van der Waals surface area (Å²) < 4.78 is 28.8. The van der Waals surface area contributed by atoms with Crippen molar-refractivity contribution in [2.45, 2.75) is 25.7 Å². The summed E-state index contributed by atoms with van der Waals surface area (Å²) in [7, 11) is -3.72. The van der Waals surface area contributed by atoms with E-state index < -0.39 is 10.0 Å². The second-order valence-corrected chi connectivity index (χ2v) is 7.55. The Morgan fingerprint density at radius 1 is 1.05 bits per heavy atom. The second kappa shape index (κ2) is 5.69. The zero-order chi connectivity index (χ0) is 15.8. The standard InChI is InChI=1S/C15H17BrN2O2S/c1-9-5-4-6-13(17)15(9)21(19,20)18-14-10(2)7-12(16)8-11(14)3/h4-8,18H,17H2,1-3H3. The summed E-state index contributed by atoms with van der Waals surface area (Å²) in [5.74, 6) is 0. The molecule has 6 heteroatoms. The van der Waals surface area contributed by atoms with Crippen molar-refractivity contribution in [2.24, 2.45) is 0 Å². The summed E-state index contributed by atoms with van der Waals surface area (Å²) in [6.45, 7) is 5.44. The fraction of sp³-hybridized carbons (Fsp3) is 0.200. The van der Waals surface area contributed by atoms with Gasteiger partial charge in [0.05, 0.1) is 11.4 Å². The van der Waals surface area contributed by atoms with E-state index in [4.69, 9.17) is 5.73 Å². The average Bonchev–Trinajstić information content (AvgIpc) is 2.33. The second-order valence-electron chi connectivity index (χ2n) is 5.01. The SMILES string of the molecule is Cc1cc(Br)cc(C)c1NS(=O)(=O)c1c(C)cccc1N. The van der Waals surface area contributed by atoms with Crippen molar-refractivity contribution in [3.05, 3.63) is 51.5 Å². The van der Waals surface area contributed by atoms with Gasteiger partial charge >= 0.3 is 0 Å². The van der Waals surface area contributed by atoms with E-state index in [1.807, 2.05) is 26.0 Å². The Balaban J connectivity index is 2.53. The van der Waals surface area contributed by atoms with Gasteiger partial charge in [0.25, 0.3) is 10.0 Å². The van der Waals surface area contributed by atoms with Crippen molar-refractivity contribution in [1.29, 1.82) is 0 Å². The van der Waals surface area contributed by atoms with Gasteiger partial charge in [-0.3, -0.25) is 4.72 Å². The molecule has 2 aromatic rings. The predicted octanol–water partition coefficient (Wildman–Crippen LogP) is 3.76. The Morgan fingerprint density at radius 2 is 1.62 bits per heavy atom. The van der Waals surface area contributed by atoms with E-state index in [0.29, 0.717) is 11.3 Å². The number of rotatable bonds is 3. The quantitative estimate of drug-likeness (QED) is 0.810. The van der Waals surface area contributed by atoms with Crippen LogP contribution in [0.2, 0.25) is 0 Å². The molecule has 0 heterocycles. The maximum Gasteiger partial charge on any atom is 0.264 e. The molecule has 0 atom stereocenters. The van der Waals surface area contributed by atoms with Gasteiger partial charge in [-0.15, -0.1) is 0 Å². The van der Waals surface area contributed by atoms with Crippen LogP contribution in [0.4, 0.5) is 11.4 Å². The van der Waals surface area contributed by atoms with E-state index in [-0.39, 0.29) is 10.6 Å². The van der Waals surface area contributed by atoms with Crippen LogP contribution in [0.3, 0.4) is 0 Å². The fourth-order valence-electron chi connectivity index (χ4n) is 2.30. The highest BCUT2D eigenvalue weighted by atomic mass is 79.9. The molecule has 2 rings (SSSR count). The van der Waals surface area contributed by atoms with E-state index in [1.54, 1.807) is 25.1 Å². The van der Waals surface area contributed by atoms with Crippen LogP contribution in [-0.2, 0) is 10.0 Å². The van der Waals surface area contributed by atoms with Gasteiger partial charge in [-0.2, -0.15) is 0 Å². The molecule has 0 bridgehead atoms. The molecule has 0 fully saturated rings. The number of sulfonamides is 1.